The first kappa shape index (κ1) is 14.0. The Morgan fingerprint density at radius 2 is 2.11 bits per heavy atom. The van der Waals surface area contributed by atoms with Gasteiger partial charge in [-0.3, -0.25) is 0 Å². The van der Waals surface area contributed by atoms with E-state index in [0.717, 1.165) is 33.6 Å². The van der Waals surface area contributed by atoms with Crippen molar-refractivity contribution in [3.63, 3.8) is 0 Å². The standard InChI is InChI=1S/C13H14N4S2/c1-4-12-17-10(6-18-12)7-19-13-11(5-14)8(2)15-9(3)16-13/h6H,4,7H2,1-3H3. The van der Waals surface area contributed by atoms with Gasteiger partial charge in [0.05, 0.1) is 16.4 Å². The van der Waals surface area contributed by atoms with Gasteiger partial charge in [-0.1, -0.05) is 18.7 Å². The normalized spacial score (nSPS) is 10.4. The molecule has 98 valence electrons. The van der Waals surface area contributed by atoms with Gasteiger partial charge in [-0.2, -0.15) is 5.26 Å². The Labute approximate surface area is 120 Å². The quantitative estimate of drug-likeness (QED) is 0.638. The van der Waals surface area contributed by atoms with E-state index in [1.54, 1.807) is 23.1 Å². The molecule has 0 saturated carbocycles. The zero-order valence-corrected chi connectivity index (χ0v) is 12.7. The molecule has 2 aromatic heterocycles. The summed E-state index contributed by atoms with van der Waals surface area (Å²) < 4.78 is 0. The minimum absolute atomic E-state index is 0.571. The van der Waals surface area contributed by atoms with E-state index in [4.69, 9.17) is 0 Å². The number of thiazole rings is 1. The average Bonchev–Trinajstić information content (AvgIpc) is 2.83. The van der Waals surface area contributed by atoms with Crippen LogP contribution in [0.15, 0.2) is 10.4 Å². The van der Waals surface area contributed by atoms with Crippen LogP contribution in [0.4, 0.5) is 0 Å². The molecule has 0 N–H and O–H groups in total. The van der Waals surface area contributed by atoms with Crippen molar-refractivity contribution < 1.29 is 0 Å². The molecule has 0 spiro atoms. The predicted octanol–water partition coefficient (Wildman–Crippen LogP) is 3.28. The molecule has 6 heteroatoms. The summed E-state index contributed by atoms with van der Waals surface area (Å²) in [7, 11) is 0. The van der Waals surface area contributed by atoms with Crippen LogP contribution in [-0.2, 0) is 12.2 Å². The molecule has 0 unspecified atom stereocenters. The van der Waals surface area contributed by atoms with Gasteiger partial charge in [0.2, 0.25) is 0 Å². The largest absolute Gasteiger partial charge is 0.245 e. The zero-order valence-electron chi connectivity index (χ0n) is 11.1. The van der Waals surface area contributed by atoms with Crippen molar-refractivity contribution in [1.29, 1.82) is 5.26 Å². The molecule has 0 aliphatic heterocycles. The number of rotatable bonds is 4. The molecule has 0 amide bonds. The molecular formula is C13H14N4S2. The minimum Gasteiger partial charge on any atom is -0.245 e. The molecule has 0 saturated heterocycles. The molecule has 0 fully saturated rings. The number of nitrogens with zero attached hydrogens (tertiary/aromatic N) is 4. The average molecular weight is 290 g/mol. The first-order valence-corrected chi connectivity index (χ1v) is 7.82. The van der Waals surface area contributed by atoms with Gasteiger partial charge < -0.3 is 0 Å². The van der Waals surface area contributed by atoms with Crippen LogP contribution in [0.3, 0.4) is 0 Å². The van der Waals surface area contributed by atoms with Crippen molar-refractivity contribution in [2.75, 3.05) is 0 Å². The first-order valence-electron chi connectivity index (χ1n) is 5.95. The smallest absolute Gasteiger partial charge is 0.126 e. The molecule has 2 heterocycles. The molecule has 19 heavy (non-hydrogen) atoms. The fourth-order valence-electron chi connectivity index (χ4n) is 1.63. The van der Waals surface area contributed by atoms with E-state index in [0.29, 0.717) is 11.4 Å². The van der Waals surface area contributed by atoms with E-state index in [9.17, 15) is 5.26 Å². The topological polar surface area (TPSA) is 62.5 Å². The second-order valence-corrected chi connectivity index (χ2v) is 5.93. The highest BCUT2D eigenvalue weighted by Gasteiger charge is 2.11. The highest BCUT2D eigenvalue weighted by molar-refractivity contribution is 7.98. The third-order valence-electron chi connectivity index (χ3n) is 2.54. The Morgan fingerprint density at radius 1 is 1.32 bits per heavy atom. The van der Waals surface area contributed by atoms with E-state index < -0.39 is 0 Å². The third kappa shape index (κ3) is 3.31. The lowest BCUT2D eigenvalue weighted by atomic mass is 10.3. The highest BCUT2D eigenvalue weighted by atomic mass is 32.2. The summed E-state index contributed by atoms with van der Waals surface area (Å²) in [5, 5.41) is 13.1. The lowest BCUT2D eigenvalue weighted by Crippen LogP contribution is -1.99. The zero-order chi connectivity index (χ0) is 13.8. The molecule has 0 aromatic carbocycles. The van der Waals surface area contributed by atoms with E-state index >= 15 is 0 Å². The lowest BCUT2D eigenvalue weighted by molar-refractivity contribution is 0.922. The monoisotopic (exact) mass is 290 g/mol. The van der Waals surface area contributed by atoms with E-state index in [-0.39, 0.29) is 0 Å². The summed E-state index contributed by atoms with van der Waals surface area (Å²) in [6, 6.07) is 2.18. The van der Waals surface area contributed by atoms with Crippen LogP contribution in [0.2, 0.25) is 0 Å². The van der Waals surface area contributed by atoms with E-state index in [2.05, 4.69) is 33.3 Å². The molecular weight excluding hydrogens is 276 g/mol. The van der Waals surface area contributed by atoms with Gasteiger partial charge in [0.1, 0.15) is 22.5 Å². The Hall–Kier alpha value is -1.45. The summed E-state index contributed by atoms with van der Waals surface area (Å²) in [6.45, 7) is 5.78. The van der Waals surface area contributed by atoms with Gasteiger partial charge in [0, 0.05) is 11.1 Å². The van der Waals surface area contributed by atoms with Crippen molar-refractivity contribution in [1.82, 2.24) is 15.0 Å². The SMILES string of the molecule is CCc1nc(CSc2nc(C)nc(C)c2C#N)cs1. The number of aromatic nitrogens is 3. The number of hydrogen-bond acceptors (Lipinski definition) is 6. The van der Waals surface area contributed by atoms with Crippen LogP contribution in [0.1, 0.15) is 34.7 Å². The van der Waals surface area contributed by atoms with Crippen LogP contribution < -0.4 is 0 Å². The summed E-state index contributed by atoms with van der Waals surface area (Å²) in [5.74, 6) is 1.44. The summed E-state index contributed by atoms with van der Waals surface area (Å²) in [6.07, 6.45) is 0.963. The summed E-state index contributed by atoms with van der Waals surface area (Å²) in [4.78, 5) is 13.1. The van der Waals surface area contributed by atoms with Crippen LogP contribution in [0.25, 0.3) is 0 Å². The summed E-state index contributed by atoms with van der Waals surface area (Å²) in [5.41, 5.74) is 2.36. The van der Waals surface area contributed by atoms with Crippen molar-refractivity contribution in [2.24, 2.45) is 0 Å². The van der Waals surface area contributed by atoms with Gasteiger partial charge in [0.25, 0.3) is 0 Å². The maximum absolute atomic E-state index is 9.17. The number of hydrogen-bond donors (Lipinski definition) is 0. The molecule has 0 radical (unpaired) electrons. The van der Waals surface area contributed by atoms with Crippen LogP contribution >= 0.6 is 23.1 Å². The van der Waals surface area contributed by atoms with Crippen molar-refractivity contribution >= 4 is 23.1 Å². The maximum atomic E-state index is 9.17. The van der Waals surface area contributed by atoms with Gasteiger partial charge in [-0.15, -0.1) is 11.3 Å². The Bertz CT molecular complexity index is 628. The fraction of sp³-hybridized carbons (Fsp3) is 0.385. The molecule has 0 aliphatic rings. The van der Waals surface area contributed by atoms with Crippen LogP contribution in [0.5, 0.6) is 0 Å². The Morgan fingerprint density at radius 3 is 2.74 bits per heavy atom. The Balaban J connectivity index is 2.17. The van der Waals surface area contributed by atoms with E-state index in [1.807, 2.05) is 13.8 Å². The van der Waals surface area contributed by atoms with Crippen LogP contribution in [-0.4, -0.2) is 15.0 Å². The van der Waals surface area contributed by atoms with Crippen molar-refractivity contribution in [3.05, 3.63) is 33.2 Å². The molecule has 2 aromatic rings. The van der Waals surface area contributed by atoms with Crippen LogP contribution in [0, 0.1) is 25.2 Å². The minimum atomic E-state index is 0.571. The van der Waals surface area contributed by atoms with Gasteiger partial charge in [-0.05, 0) is 20.3 Å². The molecule has 2 rings (SSSR count). The van der Waals surface area contributed by atoms with E-state index in [1.165, 1.54) is 0 Å². The second-order valence-electron chi connectivity index (χ2n) is 4.02. The van der Waals surface area contributed by atoms with Gasteiger partial charge in [-0.25, -0.2) is 15.0 Å². The highest BCUT2D eigenvalue weighted by Crippen LogP contribution is 2.26. The second kappa shape index (κ2) is 6.13. The van der Waals surface area contributed by atoms with Crippen molar-refractivity contribution in [2.45, 2.75) is 38.0 Å². The molecule has 4 nitrogen and oxygen atoms in total. The third-order valence-corrected chi connectivity index (χ3v) is 4.59. The molecule has 0 atom stereocenters. The van der Waals surface area contributed by atoms with Gasteiger partial charge >= 0.3 is 0 Å². The predicted molar refractivity (Wildman–Crippen MR) is 77.3 cm³/mol. The molecule has 0 bridgehead atoms. The van der Waals surface area contributed by atoms with Crippen molar-refractivity contribution in [3.8, 4) is 6.07 Å². The first-order chi connectivity index (χ1) is 9.13. The summed E-state index contributed by atoms with van der Waals surface area (Å²) >= 11 is 3.23. The molecule has 0 aliphatic carbocycles. The fourth-order valence-corrected chi connectivity index (χ4v) is 3.45. The maximum Gasteiger partial charge on any atom is 0.126 e. The number of thioether (sulfide) groups is 1. The Kier molecular flexibility index (Phi) is 4.51. The number of nitriles is 1. The lowest BCUT2D eigenvalue weighted by Gasteiger charge is -2.05. The number of aryl methyl sites for hydroxylation is 3. The van der Waals surface area contributed by atoms with Gasteiger partial charge in [0.15, 0.2) is 0 Å².